The van der Waals surface area contributed by atoms with Gasteiger partial charge in [-0.2, -0.15) is 0 Å². The van der Waals surface area contributed by atoms with Crippen molar-refractivity contribution in [1.29, 1.82) is 0 Å². The number of likely N-dealkylation sites (tertiary alicyclic amines) is 1. The third kappa shape index (κ3) is 6.38. The highest BCUT2D eigenvalue weighted by Gasteiger charge is 2.42. The van der Waals surface area contributed by atoms with Crippen LogP contribution in [0.15, 0.2) is 48.5 Å². The Kier molecular flexibility index (Phi) is 8.36. The van der Waals surface area contributed by atoms with Gasteiger partial charge in [0.25, 0.3) is 5.69 Å². The van der Waals surface area contributed by atoms with Crippen molar-refractivity contribution in [2.75, 3.05) is 44.8 Å². The number of anilines is 1. The number of carbonyl (C=O) groups is 1. The fraction of sp³-hybridized carbons (Fsp3) is 0.519. The normalized spacial score (nSPS) is 20.2. The number of rotatable bonds is 9. The standard InChI is InChI=1S/C27H35N3O5/c1-21-4-2-15-29(20-21)16-3-17-35-25-11-7-23(8-12-25)28-26(31)27(13-18-34-19-14-27)22-5-9-24(10-6-22)30(32)33/h5-12,21H,2-4,13-20H2,1H3,(H,28,31)/t21-/m0/s1. The molecule has 8 nitrogen and oxygen atoms in total. The molecule has 0 saturated carbocycles. The lowest BCUT2D eigenvalue weighted by molar-refractivity contribution is -0.384. The van der Waals surface area contributed by atoms with E-state index in [1.807, 2.05) is 24.3 Å². The maximum absolute atomic E-state index is 13.4. The molecule has 2 saturated heterocycles. The van der Waals surface area contributed by atoms with Crippen LogP contribution in [0.2, 0.25) is 0 Å². The summed E-state index contributed by atoms with van der Waals surface area (Å²) in [6, 6.07) is 13.7. The summed E-state index contributed by atoms with van der Waals surface area (Å²) in [4.78, 5) is 26.6. The second-order valence-corrected chi connectivity index (χ2v) is 9.73. The van der Waals surface area contributed by atoms with Gasteiger partial charge in [-0.05, 0) is 74.4 Å². The molecule has 2 aromatic carbocycles. The van der Waals surface area contributed by atoms with Crippen LogP contribution < -0.4 is 10.1 Å². The van der Waals surface area contributed by atoms with Crippen molar-refractivity contribution in [2.45, 2.75) is 44.4 Å². The van der Waals surface area contributed by atoms with Crippen molar-refractivity contribution in [3.8, 4) is 5.75 Å². The number of ether oxygens (including phenoxy) is 2. The van der Waals surface area contributed by atoms with Gasteiger partial charge in [0, 0.05) is 44.1 Å². The number of nitro groups is 1. The first-order chi connectivity index (χ1) is 17.0. The van der Waals surface area contributed by atoms with Crippen LogP contribution in [0.25, 0.3) is 0 Å². The number of nitrogens with zero attached hydrogens (tertiary/aromatic N) is 2. The minimum Gasteiger partial charge on any atom is -0.494 e. The van der Waals surface area contributed by atoms with E-state index in [1.165, 1.54) is 38.1 Å². The quantitative estimate of drug-likeness (QED) is 0.315. The van der Waals surface area contributed by atoms with E-state index in [2.05, 4.69) is 17.1 Å². The molecule has 2 heterocycles. The Bertz CT molecular complexity index is 987. The molecule has 1 amide bonds. The molecule has 0 radical (unpaired) electrons. The van der Waals surface area contributed by atoms with E-state index in [-0.39, 0.29) is 11.6 Å². The van der Waals surface area contributed by atoms with E-state index < -0.39 is 10.3 Å². The molecule has 35 heavy (non-hydrogen) atoms. The first-order valence-electron chi connectivity index (χ1n) is 12.6. The number of carbonyl (C=O) groups excluding carboxylic acids is 1. The highest BCUT2D eigenvalue weighted by atomic mass is 16.6. The number of hydrogen-bond acceptors (Lipinski definition) is 6. The zero-order valence-electron chi connectivity index (χ0n) is 20.4. The van der Waals surface area contributed by atoms with Crippen LogP contribution in [0.3, 0.4) is 0 Å². The highest BCUT2D eigenvalue weighted by Crippen LogP contribution is 2.37. The molecule has 188 valence electrons. The molecule has 4 rings (SSSR count). The van der Waals surface area contributed by atoms with Crippen molar-refractivity contribution in [1.82, 2.24) is 4.90 Å². The zero-order valence-corrected chi connectivity index (χ0v) is 20.4. The van der Waals surface area contributed by atoms with Crippen LogP contribution >= 0.6 is 0 Å². The summed E-state index contributed by atoms with van der Waals surface area (Å²) < 4.78 is 11.4. The van der Waals surface area contributed by atoms with Gasteiger partial charge in [0.1, 0.15) is 5.75 Å². The number of benzene rings is 2. The monoisotopic (exact) mass is 481 g/mol. The summed E-state index contributed by atoms with van der Waals surface area (Å²) in [5.41, 5.74) is 0.691. The second-order valence-electron chi connectivity index (χ2n) is 9.73. The number of piperidine rings is 1. The van der Waals surface area contributed by atoms with Crippen LogP contribution in [-0.2, 0) is 14.9 Å². The summed E-state index contributed by atoms with van der Waals surface area (Å²) in [6.07, 6.45) is 4.65. The van der Waals surface area contributed by atoms with Crippen LogP contribution in [0.4, 0.5) is 11.4 Å². The lowest BCUT2D eigenvalue weighted by atomic mass is 9.73. The van der Waals surface area contributed by atoms with Gasteiger partial charge in [0.15, 0.2) is 0 Å². The van der Waals surface area contributed by atoms with Gasteiger partial charge in [-0.25, -0.2) is 0 Å². The van der Waals surface area contributed by atoms with Gasteiger partial charge < -0.3 is 19.7 Å². The number of amides is 1. The second kappa shape index (κ2) is 11.6. The molecule has 1 N–H and O–H groups in total. The fourth-order valence-corrected chi connectivity index (χ4v) is 5.12. The molecule has 0 unspecified atom stereocenters. The number of hydrogen-bond donors (Lipinski definition) is 1. The predicted octanol–water partition coefficient (Wildman–Crippen LogP) is 4.78. The average molecular weight is 482 g/mol. The lowest BCUT2D eigenvalue weighted by Gasteiger charge is -2.36. The molecule has 0 bridgehead atoms. The highest BCUT2D eigenvalue weighted by molar-refractivity contribution is 5.99. The minimum absolute atomic E-state index is 0.0115. The average Bonchev–Trinajstić information content (AvgIpc) is 2.88. The largest absolute Gasteiger partial charge is 0.494 e. The van der Waals surface area contributed by atoms with E-state index in [0.29, 0.717) is 38.3 Å². The third-order valence-electron chi connectivity index (χ3n) is 7.15. The molecule has 0 aliphatic carbocycles. The Morgan fingerprint density at radius 2 is 1.89 bits per heavy atom. The van der Waals surface area contributed by atoms with Crippen LogP contribution in [0.5, 0.6) is 5.75 Å². The van der Waals surface area contributed by atoms with Crippen molar-refractivity contribution in [3.05, 3.63) is 64.2 Å². The van der Waals surface area contributed by atoms with Gasteiger partial charge in [-0.15, -0.1) is 0 Å². The summed E-state index contributed by atoms with van der Waals surface area (Å²) >= 11 is 0. The maximum Gasteiger partial charge on any atom is 0.269 e. The third-order valence-corrected chi connectivity index (χ3v) is 7.15. The van der Waals surface area contributed by atoms with Crippen molar-refractivity contribution in [3.63, 3.8) is 0 Å². The Morgan fingerprint density at radius 3 is 2.54 bits per heavy atom. The van der Waals surface area contributed by atoms with Crippen LogP contribution in [0.1, 0.15) is 44.6 Å². The molecule has 0 aromatic heterocycles. The van der Waals surface area contributed by atoms with Crippen LogP contribution in [0, 0.1) is 16.0 Å². The van der Waals surface area contributed by atoms with Crippen molar-refractivity contribution >= 4 is 17.3 Å². The van der Waals surface area contributed by atoms with Crippen molar-refractivity contribution < 1.29 is 19.2 Å². The molecule has 1 atom stereocenters. The van der Waals surface area contributed by atoms with Crippen LogP contribution in [-0.4, -0.2) is 55.2 Å². The Hall–Kier alpha value is -2.97. The van der Waals surface area contributed by atoms with Gasteiger partial charge >= 0.3 is 0 Å². The van der Waals surface area contributed by atoms with E-state index in [1.54, 1.807) is 12.1 Å². The molecule has 2 aromatic rings. The predicted molar refractivity (Wildman–Crippen MR) is 135 cm³/mol. The number of nitro benzene ring substituents is 1. The van der Waals surface area contributed by atoms with E-state index in [9.17, 15) is 14.9 Å². The molecule has 2 aliphatic heterocycles. The number of non-ortho nitro benzene ring substituents is 1. The smallest absolute Gasteiger partial charge is 0.269 e. The summed E-state index contributed by atoms with van der Waals surface area (Å²) in [6.45, 7) is 7.35. The minimum atomic E-state index is -0.783. The van der Waals surface area contributed by atoms with Gasteiger partial charge in [-0.3, -0.25) is 14.9 Å². The summed E-state index contributed by atoms with van der Waals surface area (Å²) in [5.74, 6) is 1.44. The van der Waals surface area contributed by atoms with Crippen molar-refractivity contribution in [2.24, 2.45) is 5.92 Å². The first kappa shape index (κ1) is 25.1. The lowest BCUT2D eigenvalue weighted by Crippen LogP contribution is -2.44. The fourth-order valence-electron chi connectivity index (χ4n) is 5.12. The Labute approximate surface area is 206 Å². The summed E-state index contributed by atoms with van der Waals surface area (Å²) in [5, 5.41) is 14.1. The van der Waals surface area contributed by atoms with E-state index in [0.717, 1.165) is 30.2 Å². The topological polar surface area (TPSA) is 93.9 Å². The molecule has 8 heteroatoms. The first-order valence-corrected chi connectivity index (χ1v) is 12.6. The van der Waals surface area contributed by atoms with E-state index >= 15 is 0 Å². The molecule has 2 aliphatic rings. The zero-order chi connectivity index (χ0) is 24.7. The molecular formula is C27H35N3O5. The maximum atomic E-state index is 13.4. The molecular weight excluding hydrogens is 446 g/mol. The number of nitrogens with one attached hydrogen (secondary N) is 1. The Balaban J connectivity index is 1.33. The molecule has 0 spiro atoms. The summed E-state index contributed by atoms with van der Waals surface area (Å²) in [7, 11) is 0. The van der Waals surface area contributed by atoms with Gasteiger partial charge in [0.05, 0.1) is 16.9 Å². The van der Waals surface area contributed by atoms with Gasteiger partial charge in [-0.1, -0.05) is 19.1 Å². The molecule has 2 fully saturated rings. The SMILES string of the molecule is C[C@H]1CCCN(CCCOc2ccc(NC(=O)C3(c4ccc([N+](=O)[O-])cc4)CCOCC3)cc2)C1. The van der Waals surface area contributed by atoms with Gasteiger partial charge in [0.2, 0.25) is 5.91 Å². The Morgan fingerprint density at radius 1 is 1.17 bits per heavy atom. The van der Waals surface area contributed by atoms with E-state index in [4.69, 9.17) is 9.47 Å².